The maximum Gasteiger partial charge on any atom is 0.415 e. The minimum atomic E-state index is -4.80. The summed E-state index contributed by atoms with van der Waals surface area (Å²) in [6.45, 7) is 0.368. The van der Waals surface area contributed by atoms with Gasteiger partial charge in [-0.3, -0.25) is 4.98 Å². The number of nitrogens with zero attached hydrogens (tertiary/aromatic N) is 4. The number of benzene rings is 1. The van der Waals surface area contributed by atoms with Crippen LogP contribution in [0.2, 0.25) is 0 Å². The van der Waals surface area contributed by atoms with Crippen molar-refractivity contribution in [2.45, 2.75) is 31.2 Å². The summed E-state index contributed by atoms with van der Waals surface area (Å²) in [5, 5.41) is 25.1. The number of hydrogen-bond donors (Lipinski definition) is 2. The molecule has 2 fully saturated rings. The number of aromatic nitrogens is 1. The number of halogens is 3. The molecule has 8 nitrogen and oxygen atoms in total. The van der Waals surface area contributed by atoms with Crippen molar-refractivity contribution in [2.24, 2.45) is 10.6 Å². The third-order valence-electron chi connectivity index (χ3n) is 6.25. The second-order valence-corrected chi connectivity index (χ2v) is 9.36. The predicted molar refractivity (Wildman–Crippen MR) is 112 cm³/mol. The van der Waals surface area contributed by atoms with Crippen LogP contribution in [-0.2, 0) is 11.2 Å². The molecule has 3 N–H and O–H groups in total. The maximum atomic E-state index is 12.7. The molecular formula is C20H22F3N5O3S. The first kappa shape index (κ1) is 22.7. The van der Waals surface area contributed by atoms with Crippen LogP contribution in [-0.4, -0.2) is 63.7 Å². The normalized spacial score (nSPS) is 20.0. The zero-order valence-corrected chi connectivity index (χ0v) is 18.0. The Kier molecular flexibility index (Phi) is 5.79. The lowest BCUT2D eigenvalue weighted by Gasteiger charge is -2.61. The van der Waals surface area contributed by atoms with E-state index in [-0.39, 0.29) is 5.41 Å². The molecule has 0 radical (unpaired) electrons. The van der Waals surface area contributed by atoms with Crippen molar-refractivity contribution < 1.29 is 27.2 Å². The van der Waals surface area contributed by atoms with Crippen molar-refractivity contribution >= 4 is 27.8 Å². The minimum Gasteiger partial charge on any atom is -0.494 e. The van der Waals surface area contributed by atoms with Gasteiger partial charge in [-0.25, -0.2) is 13.7 Å². The van der Waals surface area contributed by atoms with E-state index in [0.717, 1.165) is 15.4 Å². The summed E-state index contributed by atoms with van der Waals surface area (Å²) < 4.78 is 56.3. The summed E-state index contributed by atoms with van der Waals surface area (Å²) in [5.41, 5.74) is 1.65. The Balaban J connectivity index is 1.49. The lowest BCUT2D eigenvalue weighted by atomic mass is 9.60. The van der Waals surface area contributed by atoms with Gasteiger partial charge < -0.3 is 14.7 Å². The number of fused-ring (bicyclic) bond motifs is 1. The fraction of sp³-hybridized carbons (Fsp3) is 0.500. The van der Waals surface area contributed by atoms with Gasteiger partial charge in [0.1, 0.15) is 17.3 Å². The summed E-state index contributed by atoms with van der Waals surface area (Å²) in [6, 6.07) is 7.24. The van der Waals surface area contributed by atoms with E-state index in [2.05, 4.69) is 11.1 Å². The standard InChI is InChI=1S/C20H22F3N5O3S/c1-31-15-4-2-3-14-17(15)26-8-12(7-24)18(14)27-10-19(11-27)5-13(6-19)28(32(25)30)9-16(29)20(21,22)23/h2-4,8,13,16,29H,5-6,9-11,25H2,1H3. The number of anilines is 1. The first-order chi connectivity index (χ1) is 15.1. The van der Waals surface area contributed by atoms with E-state index in [1.165, 1.54) is 6.20 Å². The number of nitrogens with two attached hydrogens (primary N) is 1. The van der Waals surface area contributed by atoms with Gasteiger partial charge in [-0.2, -0.15) is 18.4 Å². The van der Waals surface area contributed by atoms with Crippen LogP contribution in [0.5, 0.6) is 5.75 Å². The van der Waals surface area contributed by atoms with Gasteiger partial charge in [0.2, 0.25) is 0 Å². The number of rotatable bonds is 6. The topological polar surface area (TPSA) is 116 Å². The number of nitriles is 1. The van der Waals surface area contributed by atoms with Gasteiger partial charge in [0, 0.05) is 42.7 Å². The van der Waals surface area contributed by atoms with Gasteiger partial charge in [0.15, 0.2) is 17.3 Å². The van der Waals surface area contributed by atoms with E-state index in [9.17, 15) is 27.7 Å². The molecule has 2 aromatic rings. The van der Waals surface area contributed by atoms with Crippen LogP contribution >= 0.6 is 0 Å². The molecule has 4 rings (SSSR count). The SMILES string of the molecule is COc1cccc2c(N3CC4(CC(N(CC(O)C(F)(F)F)S(N)=O)C4)C3)c(C#N)cnc12. The first-order valence-corrected chi connectivity index (χ1v) is 11.0. The number of aliphatic hydroxyl groups excluding tert-OH is 1. The Morgan fingerprint density at radius 1 is 1.47 bits per heavy atom. The zero-order valence-electron chi connectivity index (χ0n) is 17.2. The number of alkyl halides is 3. The molecule has 1 aliphatic heterocycles. The minimum absolute atomic E-state index is 0.160. The average molecular weight is 469 g/mol. The molecule has 2 heterocycles. The molecule has 2 unspecified atom stereocenters. The van der Waals surface area contributed by atoms with Gasteiger partial charge in [0.25, 0.3) is 0 Å². The van der Waals surface area contributed by atoms with E-state index in [1.54, 1.807) is 13.2 Å². The summed E-state index contributed by atoms with van der Waals surface area (Å²) >= 11 is -2.13. The molecule has 1 aromatic heterocycles. The third kappa shape index (κ3) is 3.90. The highest BCUT2D eigenvalue weighted by Gasteiger charge is 2.56. The molecule has 1 saturated carbocycles. The molecule has 1 aromatic carbocycles. The van der Waals surface area contributed by atoms with Crippen molar-refractivity contribution in [2.75, 3.05) is 31.6 Å². The fourth-order valence-electron chi connectivity index (χ4n) is 4.74. The van der Waals surface area contributed by atoms with E-state index < -0.39 is 36.0 Å². The van der Waals surface area contributed by atoms with Crippen molar-refractivity contribution in [3.05, 3.63) is 30.0 Å². The predicted octanol–water partition coefficient (Wildman–Crippen LogP) is 1.85. The van der Waals surface area contributed by atoms with Gasteiger partial charge in [-0.15, -0.1) is 0 Å². The van der Waals surface area contributed by atoms with Gasteiger partial charge in [-0.05, 0) is 18.9 Å². The highest BCUT2D eigenvalue weighted by atomic mass is 32.2. The molecule has 12 heteroatoms. The molecule has 32 heavy (non-hydrogen) atoms. The van der Waals surface area contributed by atoms with Crippen molar-refractivity contribution in [3.8, 4) is 11.8 Å². The number of ether oxygens (including phenoxy) is 1. The summed E-state index contributed by atoms with van der Waals surface area (Å²) in [6.07, 6.45) is -4.90. The molecule has 1 aliphatic carbocycles. The molecule has 2 atom stereocenters. The van der Waals surface area contributed by atoms with E-state index in [4.69, 9.17) is 9.88 Å². The first-order valence-electron chi connectivity index (χ1n) is 9.87. The average Bonchev–Trinajstić information content (AvgIpc) is 2.68. The Morgan fingerprint density at radius 2 is 2.16 bits per heavy atom. The van der Waals surface area contributed by atoms with Crippen molar-refractivity contribution in [1.29, 1.82) is 5.26 Å². The van der Waals surface area contributed by atoms with E-state index >= 15 is 0 Å². The maximum absolute atomic E-state index is 12.7. The van der Waals surface area contributed by atoms with Crippen LogP contribution in [0.1, 0.15) is 18.4 Å². The molecule has 0 bridgehead atoms. The van der Waals surface area contributed by atoms with Crippen LogP contribution < -0.4 is 14.8 Å². The monoisotopic (exact) mass is 469 g/mol. The van der Waals surface area contributed by atoms with Crippen LogP contribution in [0.15, 0.2) is 24.4 Å². The zero-order chi connectivity index (χ0) is 23.3. The Labute approximate surface area is 185 Å². The Morgan fingerprint density at radius 3 is 2.72 bits per heavy atom. The van der Waals surface area contributed by atoms with E-state index in [1.807, 2.05) is 17.0 Å². The second-order valence-electron chi connectivity index (χ2n) is 8.34. The Bertz CT molecular complexity index is 1090. The third-order valence-corrected chi connectivity index (χ3v) is 7.16. The summed E-state index contributed by atoms with van der Waals surface area (Å²) in [7, 11) is 1.55. The van der Waals surface area contributed by atoms with Gasteiger partial charge >= 0.3 is 6.18 Å². The number of para-hydroxylation sites is 1. The van der Waals surface area contributed by atoms with E-state index in [0.29, 0.717) is 42.8 Å². The second kappa shape index (κ2) is 8.15. The quantitative estimate of drug-likeness (QED) is 0.667. The number of pyridine rings is 1. The summed E-state index contributed by atoms with van der Waals surface area (Å²) in [4.78, 5) is 6.40. The highest BCUT2D eigenvalue weighted by molar-refractivity contribution is 7.80. The fourth-order valence-corrected chi connectivity index (χ4v) is 5.47. The molecule has 0 amide bonds. The highest BCUT2D eigenvalue weighted by Crippen LogP contribution is 2.53. The lowest BCUT2D eigenvalue weighted by Crippen LogP contribution is -2.67. The Hall–Kier alpha value is -2.46. The smallest absolute Gasteiger partial charge is 0.415 e. The largest absolute Gasteiger partial charge is 0.494 e. The molecule has 172 valence electrons. The lowest BCUT2D eigenvalue weighted by molar-refractivity contribution is -0.207. The number of hydrogen-bond acceptors (Lipinski definition) is 6. The van der Waals surface area contributed by atoms with Crippen molar-refractivity contribution in [3.63, 3.8) is 0 Å². The van der Waals surface area contributed by atoms with Crippen LogP contribution in [0.3, 0.4) is 0 Å². The molecule has 2 aliphatic rings. The van der Waals surface area contributed by atoms with Crippen molar-refractivity contribution in [1.82, 2.24) is 9.29 Å². The van der Waals surface area contributed by atoms with Crippen LogP contribution in [0, 0.1) is 16.7 Å². The molecule has 1 saturated heterocycles. The van der Waals surface area contributed by atoms with Gasteiger partial charge in [0.05, 0.1) is 18.4 Å². The number of methoxy groups -OCH3 is 1. The molecular weight excluding hydrogens is 447 g/mol. The van der Waals surface area contributed by atoms with Crippen LogP contribution in [0.4, 0.5) is 18.9 Å². The summed E-state index contributed by atoms with van der Waals surface area (Å²) in [5.74, 6) is 0.594. The number of aliphatic hydroxyl groups is 1. The van der Waals surface area contributed by atoms with Gasteiger partial charge in [-0.1, -0.05) is 12.1 Å². The van der Waals surface area contributed by atoms with Crippen LogP contribution in [0.25, 0.3) is 10.9 Å². The molecule has 1 spiro atoms.